The van der Waals surface area contributed by atoms with Crippen molar-refractivity contribution in [2.24, 2.45) is 23.5 Å². The van der Waals surface area contributed by atoms with Gasteiger partial charge in [-0.25, -0.2) is 0 Å². The second-order valence-electron chi connectivity index (χ2n) is 12.4. The fraction of sp³-hybridized carbons (Fsp3) is 0.543. The third-order valence-corrected chi connectivity index (χ3v) is 7.89. The summed E-state index contributed by atoms with van der Waals surface area (Å²) >= 11 is 0. The molecular weight excluding hydrogens is 570 g/mol. The van der Waals surface area contributed by atoms with Crippen molar-refractivity contribution in [3.05, 3.63) is 65.2 Å². The summed E-state index contributed by atoms with van der Waals surface area (Å²) in [6, 6.07) is 12.7. The summed E-state index contributed by atoms with van der Waals surface area (Å²) in [5.74, 6) is -1.10. The van der Waals surface area contributed by atoms with Gasteiger partial charge < -0.3 is 31.3 Å². The summed E-state index contributed by atoms with van der Waals surface area (Å²) in [6.07, 6.45) is 0.886. The minimum atomic E-state index is -0.702. The average Bonchev–Trinajstić information content (AvgIpc) is 3.02. The van der Waals surface area contributed by atoms with Gasteiger partial charge in [0, 0.05) is 48.8 Å². The van der Waals surface area contributed by atoms with Crippen molar-refractivity contribution in [1.82, 2.24) is 20.9 Å². The molecule has 2 aromatic rings. The molecule has 4 atom stereocenters. The summed E-state index contributed by atoms with van der Waals surface area (Å²) < 4.78 is 5.39. The number of ether oxygens (including phenoxy) is 1. The number of carbonyl (C=O) groups excluding carboxylic acids is 4. The highest BCUT2D eigenvalue weighted by molar-refractivity contribution is 6.00. The topological polar surface area (TPSA) is 143 Å². The van der Waals surface area contributed by atoms with Crippen LogP contribution >= 0.6 is 0 Å². The van der Waals surface area contributed by atoms with Crippen molar-refractivity contribution in [2.45, 2.75) is 86.0 Å². The van der Waals surface area contributed by atoms with Crippen LogP contribution in [0.1, 0.15) is 87.6 Å². The number of rotatable bonds is 17. The van der Waals surface area contributed by atoms with E-state index in [9.17, 15) is 19.2 Å². The van der Waals surface area contributed by atoms with E-state index >= 15 is 0 Å². The highest BCUT2D eigenvalue weighted by Crippen LogP contribution is 2.21. The third kappa shape index (κ3) is 11.5. The summed E-state index contributed by atoms with van der Waals surface area (Å²) in [5, 5.41) is 8.88. The van der Waals surface area contributed by atoms with Gasteiger partial charge in [0.25, 0.3) is 11.8 Å². The number of hydrogen-bond acceptors (Lipinski definition) is 6. The van der Waals surface area contributed by atoms with Crippen LogP contribution < -0.4 is 26.4 Å². The SMILES string of the molecule is CCN(CC)C(=O)c1cc(OC)cc(C(=O)N[C@@H](CC(C)C)[C@@H](N)C[C@@H](C)C(=O)N[C@H](C(=O)NCc2ccccc2)C(C)C)c1. The van der Waals surface area contributed by atoms with Crippen molar-refractivity contribution < 1.29 is 23.9 Å². The van der Waals surface area contributed by atoms with Gasteiger partial charge in [-0.3, -0.25) is 19.2 Å². The van der Waals surface area contributed by atoms with Gasteiger partial charge in [0.1, 0.15) is 11.8 Å². The molecule has 0 aliphatic heterocycles. The van der Waals surface area contributed by atoms with Crippen molar-refractivity contribution in [3.63, 3.8) is 0 Å². The Hall–Kier alpha value is -3.92. The molecule has 45 heavy (non-hydrogen) atoms. The third-order valence-electron chi connectivity index (χ3n) is 7.89. The molecular formula is C35H53N5O5. The van der Waals surface area contributed by atoms with Gasteiger partial charge >= 0.3 is 0 Å². The quantitative estimate of drug-likeness (QED) is 0.209. The zero-order valence-corrected chi connectivity index (χ0v) is 28.2. The molecule has 0 saturated heterocycles. The van der Waals surface area contributed by atoms with E-state index in [2.05, 4.69) is 16.0 Å². The summed E-state index contributed by atoms with van der Waals surface area (Å²) in [5.41, 5.74) is 8.27. The first-order valence-corrected chi connectivity index (χ1v) is 16.0. The molecule has 5 N–H and O–H groups in total. The lowest BCUT2D eigenvalue weighted by molar-refractivity contribution is -0.132. The summed E-state index contributed by atoms with van der Waals surface area (Å²) in [7, 11) is 1.49. The lowest BCUT2D eigenvalue weighted by Crippen LogP contribution is -2.53. The second kappa shape index (κ2) is 18.1. The van der Waals surface area contributed by atoms with E-state index in [0.29, 0.717) is 43.8 Å². The Balaban J connectivity index is 2.13. The van der Waals surface area contributed by atoms with Crippen LogP contribution in [0.3, 0.4) is 0 Å². The molecule has 0 bridgehead atoms. The maximum atomic E-state index is 13.5. The zero-order chi connectivity index (χ0) is 33.7. The molecule has 0 heterocycles. The Morgan fingerprint density at radius 3 is 2.02 bits per heavy atom. The van der Waals surface area contributed by atoms with Crippen LogP contribution in [0.15, 0.2) is 48.5 Å². The lowest BCUT2D eigenvalue weighted by atomic mass is 9.90. The minimum absolute atomic E-state index is 0.125. The van der Waals surface area contributed by atoms with Crippen LogP contribution in [-0.2, 0) is 16.1 Å². The molecule has 0 saturated carbocycles. The molecule has 0 aliphatic rings. The van der Waals surface area contributed by atoms with Crippen LogP contribution in [0.5, 0.6) is 5.75 Å². The first-order valence-electron chi connectivity index (χ1n) is 16.0. The molecule has 0 fully saturated rings. The van der Waals surface area contributed by atoms with Crippen LogP contribution in [-0.4, -0.2) is 66.9 Å². The molecule has 0 aromatic heterocycles. The van der Waals surface area contributed by atoms with Crippen molar-refractivity contribution in [3.8, 4) is 5.75 Å². The van der Waals surface area contributed by atoms with E-state index in [1.54, 1.807) is 30.0 Å². The van der Waals surface area contributed by atoms with Gasteiger partial charge in [0.2, 0.25) is 11.8 Å². The van der Waals surface area contributed by atoms with E-state index in [-0.39, 0.29) is 41.0 Å². The summed E-state index contributed by atoms with van der Waals surface area (Å²) in [4.78, 5) is 54.4. The Morgan fingerprint density at radius 1 is 0.844 bits per heavy atom. The molecule has 248 valence electrons. The maximum absolute atomic E-state index is 13.5. The van der Waals surface area contributed by atoms with Gasteiger partial charge in [-0.2, -0.15) is 0 Å². The van der Waals surface area contributed by atoms with E-state index in [1.807, 2.05) is 71.9 Å². The van der Waals surface area contributed by atoms with Crippen molar-refractivity contribution in [2.75, 3.05) is 20.2 Å². The molecule has 0 radical (unpaired) electrons. The highest BCUT2D eigenvalue weighted by atomic mass is 16.5. The number of methoxy groups -OCH3 is 1. The van der Waals surface area contributed by atoms with Gasteiger partial charge in [0.15, 0.2) is 0 Å². The van der Waals surface area contributed by atoms with Crippen molar-refractivity contribution >= 4 is 23.6 Å². The lowest BCUT2D eigenvalue weighted by Gasteiger charge is -2.29. The first kappa shape index (κ1) is 37.3. The second-order valence-corrected chi connectivity index (χ2v) is 12.4. The molecule has 10 heteroatoms. The van der Waals surface area contributed by atoms with Gasteiger partial charge in [0.05, 0.1) is 7.11 Å². The van der Waals surface area contributed by atoms with Crippen LogP contribution in [0, 0.1) is 17.8 Å². The minimum Gasteiger partial charge on any atom is -0.497 e. The number of nitrogens with two attached hydrogens (primary N) is 1. The standard InChI is InChI=1S/C35H53N5O5/c1-9-40(10-2)35(44)27-18-26(19-28(20-27)45-8)33(42)38-30(16-22(3)4)29(36)17-24(7)32(41)39-31(23(5)6)34(43)37-21-25-14-12-11-13-15-25/h11-15,18-20,22-24,29-31H,9-10,16-17,21,36H2,1-8H3,(H,37,43)(H,38,42)(H,39,41)/t24-,29+,30+,31+/m1/s1. The largest absolute Gasteiger partial charge is 0.497 e. The number of hydrogen-bond donors (Lipinski definition) is 4. The van der Waals surface area contributed by atoms with Gasteiger partial charge in [-0.15, -0.1) is 0 Å². The first-order chi connectivity index (χ1) is 21.3. The van der Waals surface area contributed by atoms with Crippen LogP contribution in [0.2, 0.25) is 0 Å². The number of nitrogens with zero attached hydrogens (tertiary/aromatic N) is 1. The fourth-order valence-corrected chi connectivity index (χ4v) is 5.17. The molecule has 10 nitrogen and oxygen atoms in total. The van der Waals surface area contributed by atoms with Crippen LogP contribution in [0.25, 0.3) is 0 Å². The van der Waals surface area contributed by atoms with E-state index in [0.717, 1.165) is 5.56 Å². The number of carbonyl (C=O) groups is 4. The maximum Gasteiger partial charge on any atom is 0.253 e. The van der Waals surface area contributed by atoms with Crippen molar-refractivity contribution in [1.29, 1.82) is 0 Å². The number of nitrogens with one attached hydrogen (secondary N) is 3. The molecule has 4 amide bonds. The highest BCUT2D eigenvalue weighted by Gasteiger charge is 2.30. The predicted molar refractivity (Wildman–Crippen MR) is 178 cm³/mol. The summed E-state index contributed by atoms with van der Waals surface area (Å²) in [6.45, 7) is 14.9. The normalized spacial score (nSPS) is 13.8. The Labute approximate surface area is 268 Å². The van der Waals surface area contributed by atoms with Crippen LogP contribution in [0.4, 0.5) is 0 Å². The Morgan fingerprint density at radius 2 is 1.47 bits per heavy atom. The number of benzene rings is 2. The molecule has 0 spiro atoms. The van der Waals surface area contributed by atoms with E-state index in [1.165, 1.54) is 7.11 Å². The average molecular weight is 624 g/mol. The predicted octanol–water partition coefficient (Wildman–Crippen LogP) is 4.13. The zero-order valence-electron chi connectivity index (χ0n) is 28.2. The molecule has 0 unspecified atom stereocenters. The Bertz CT molecular complexity index is 1260. The monoisotopic (exact) mass is 623 g/mol. The number of amides is 4. The molecule has 0 aliphatic carbocycles. The smallest absolute Gasteiger partial charge is 0.253 e. The molecule has 2 aromatic carbocycles. The molecule has 2 rings (SSSR count). The van der Waals surface area contributed by atoms with Gasteiger partial charge in [-0.1, -0.05) is 65.0 Å². The van der Waals surface area contributed by atoms with Gasteiger partial charge in [-0.05, 0) is 62.3 Å². The van der Waals surface area contributed by atoms with E-state index < -0.39 is 24.0 Å². The Kier molecular flexibility index (Phi) is 15.0. The van der Waals surface area contributed by atoms with E-state index in [4.69, 9.17) is 10.5 Å². The fourth-order valence-electron chi connectivity index (χ4n) is 5.17.